The van der Waals surface area contributed by atoms with E-state index in [4.69, 9.17) is 0 Å². The average molecular weight is 350 g/mol. The summed E-state index contributed by atoms with van der Waals surface area (Å²) in [5.41, 5.74) is 2.37. The van der Waals surface area contributed by atoms with Crippen molar-refractivity contribution in [3.63, 3.8) is 0 Å². The predicted octanol–water partition coefficient (Wildman–Crippen LogP) is 4.58. The molecule has 3 aromatic carbocycles. The zero-order valence-corrected chi connectivity index (χ0v) is 13.7. The molecule has 0 bridgehead atoms. The highest BCUT2D eigenvalue weighted by Gasteiger charge is 2.13. The largest absolute Gasteiger partial charge is 0.323 e. The minimum atomic E-state index is -0.719. The fourth-order valence-electron chi connectivity index (χ4n) is 2.55. The van der Waals surface area contributed by atoms with E-state index in [0.717, 1.165) is 34.9 Å². The van der Waals surface area contributed by atoms with E-state index in [9.17, 15) is 19.3 Å². The van der Waals surface area contributed by atoms with Crippen LogP contribution in [-0.4, -0.2) is 10.8 Å². The molecule has 0 aliphatic rings. The summed E-state index contributed by atoms with van der Waals surface area (Å²) in [6.45, 7) is 0. The molecule has 0 saturated heterocycles. The number of hydrogen-bond acceptors (Lipinski definition) is 3. The molecule has 0 heterocycles. The van der Waals surface area contributed by atoms with E-state index in [1.165, 1.54) is 0 Å². The second kappa shape index (κ2) is 7.57. The van der Waals surface area contributed by atoms with Gasteiger partial charge in [0.1, 0.15) is 5.82 Å². The van der Waals surface area contributed by atoms with Crippen LogP contribution in [0.5, 0.6) is 0 Å². The Hall–Kier alpha value is -3.54. The zero-order chi connectivity index (χ0) is 18.5. The lowest BCUT2D eigenvalue weighted by molar-refractivity contribution is -0.384. The third-order valence-corrected chi connectivity index (χ3v) is 3.86. The third-order valence-electron chi connectivity index (χ3n) is 3.86. The normalized spacial score (nSPS) is 10.3. The lowest BCUT2D eigenvalue weighted by Crippen LogP contribution is -2.15. The summed E-state index contributed by atoms with van der Waals surface area (Å²) in [6.07, 6.45) is 0.0389. The molecule has 1 N–H and O–H groups in total. The number of halogens is 1. The van der Waals surface area contributed by atoms with Gasteiger partial charge in [-0.2, -0.15) is 0 Å². The van der Waals surface area contributed by atoms with Crippen molar-refractivity contribution in [2.24, 2.45) is 0 Å². The van der Waals surface area contributed by atoms with Crippen molar-refractivity contribution < 1.29 is 14.1 Å². The molecule has 1 amide bonds. The molecular formula is C20H15FN2O3. The molecule has 0 saturated carbocycles. The van der Waals surface area contributed by atoms with Gasteiger partial charge >= 0.3 is 0 Å². The highest BCUT2D eigenvalue weighted by Crippen LogP contribution is 2.22. The van der Waals surface area contributed by atoms with E-state index < -0.39 is 16.6 Å². The number of amides is 1. The molecule has 26 heavy (non-hydrogen) atoms. The van der Waals surface area contributed by atoms with Crippen LogP contribution in [0.4, 0.5) is 15.8 Å². The average Bonchev–Trinajstić information content (AvgIpc) is 2.64. The number of nitro benzene ring substituents is 1. The summed E-state index contributed by atoms with van der Waals surface area (Å²) in [5, 5.41) is 13.1. The first-order valence-corrected chi connectivity index (χ1v) is 7.91. The molecule has 0 spiro atoms. The minimum absolute atomic E-state index is 0.0389. The number of hydrogen-bond donors (Lipinski definition) is 1. The van der Waals surface area contributed by atoms with Gasteiger partial charge in [-0.25, -0.2) is 4.39 Å². The second-order valence-electron chi connectivity index (χ2n) is 5.71. The number of non-ortho nitro benzene ring substituents is 1. The maximum atomic E-state index is 13.7. The lowest BCUT2D eigenvalue weighted by atomic mass is 10.0. The first-order valence-electron chi connectivity index (χ1n) is 7.91. The molecule has 0 radical (unpaired) electrons. The molecule has 0 aliphatic heterocycles. The molecule has 3 rings (SSSR count). The lowest BCUT2D eigenvalue weighted by Gasteiger charge is -2.07. The Bertz CT molecular complexity index is 941. The van der Waals surface area contributed by atoms with Crippen LogP contribution >= 0.6 is 0 Å². The van der Waals surface area contributed by atoms with Crippen LogP contribution < -0.4 is 5.32 Å². The van der Waals surface area contributed by atoms with E-state index in [2.05, 4.69) is 5.32 Å². The van der Waals surface area contributed by atoms with E-state index in [1.807, 2.05) is 54.6 Å². The number of carbonyl (C=O) groups excluding carboxylic acids is 1. The number of nitro groups is 1. The summed E-state index contributed by atoms with van der Waals surface area (Å²) in [7, 11) is 0. The summed E-state index contributed by atoms with van der Waals surface area (Å²) in [6, 6.07) is 20.3. The SMILES string of the molecule is O=C(Cc1ccc(-c2ccccc2)cc1)Nc1cc([N+](=O)[O-])ccc1F. The first-order chi connectivity index (χ1) is 12.5. The zero-order valence-electron chi connectivity index (χ0n) is 13.7. The van der Waals surface area contributed by atoms with Gasteiger partial charge in [0.2, 0.25) is 5.91 Å². The van der Waals surface area contributed by atoms with Crippen molar-refractivity contribution in [2.75, 3.05) is 5.32 Å². The number of rotatable bonds is 5. The quantitative estimate of drug-likeness (QED) is 0.541. The highest BCUT2D eigenvalue weighted by atomic mass is 19.1. The third kappa shape index (κ3) is 4.10. The van der Waals surface area contributed by atoms with Crippen LogP contribution in [0.1, 0.15) is 5.56 Å². The van der Waals surface area contributed by atoms with Gasteiger partial charge in [-0.1, -0.05) is 54.6 Å². The molecule has 130 valence electrons. The fraction of sp³-hybridized carbons (Fsp3) is 0.0500. The van der Waals surface area contributed by atoms with Gasteiger partial charge in [-0.15, -0.1) is 0 Å². The summed E-state index contributed by atoms with van der Waals surface area (Å²) < 4.78 is 13.7. The second-order valence-corrected chi connectivity index (χ2v) is 5.71. The molecule has 6 heteroatoms. The number of nitrogens with one attached hydrogen (secondary N) is 1. The standard InChI is InChI=1S/C20H15FN2O3/c21-18-11-10-17(23(25)26)13-19(18)22-20(24)12-14-6-8-16(9-7-14)15-4-2-1-3-5-15/h1-11,13H,12H2,(H,22,24). The maximum Gasteiger partial charge on any atom is 0.271 e. The van der Waals surface area contributed by atoms with Crippen LogP contribution in [-0.2, 0) is 11.2 Å². The van der Waals surface area contributed by atoms with Crippen molar-refractivity contribution in [3.05, 3.63) is 94.3 Å². The van der Waals surface area contributed by atoms with Crippen LogP contribution in [0.3, 0.4) is 0 Å². The number of carbonyl (C=O) groups is 1. The summed E-state index contributed by atoms with van der Waals surface area (Å²) in [5.74, 6) is -1.17. The Balaban J connectivity index is 1.69. The van der Waals surface area contributed by atoms with Gasteiger partial charge in [0.15, 0.2) is 0 Å². The van der Waals surface area contributed by atoms with Gasteiger partial charge in [0, 0.05) is 12.1 Å². The van der Waals surface area contributed by atoms with E-state index >= 15 is 0 Å². The Labute approximate surface area is 149 Å². The Kier molecular flexibility index (Phi) is 5.03. The number of anilines is 1. The monoisotopic (exact) mass is 350 g/mol. The number of benzene rings is 3. The number of nitrogens with zero attached hydrogens (tertiary/aromatic N) is 1. The highest BCUT2D eigenvalue weighted by molar-refractivity contribution is 5.92. The van der Waals surface area contributed by atoms with Gasteiger partial charge in [-0.05, 0) is 22.8 Å². The Morgan fingerprint density at radius 3 is 2.27 bits per heavy atom. The van der Waals surface area contributed by atoms with Crippen molar-refractivity contribution in [1.29, 1.82) is 0 Å². The summed E-state index contributed by atoms with van der Waals surface area (Å²) in [4.78, 5) is 22.2. The molecule has 0 aromatic heterocycles. The minimum Gasteiger partial charge on any atom is -0.323 e. The van der Waals surface area contributed by atoms with E-state index in [1.54, 1.807) is 0 Å². The van der Waals surface area contributed by atoms with Crippen LogP contribution in [0.15, 0.2) is 72.8 Å². The van der Waals surface area contributed by atoms with Gasteiger partial charge in [0.05, 0.1) is 17.0 Å². The van der Waals surface area contributed by atoms with Crippen molar-refractivity contribution in [1.82, 2.24) is 0 Å². The fourth-order valence-corrected chi connectivity index (χ4v) is 2.55. The van der Waals surface area contributed by atoms with Crippen LogP contribution in [0.2, 0.25) is 0 Å². The first kappa shape index (κ1) is 17.3. The predicted molar refractivity (Wildman–Crippen MR) is 97.3 cm³/mol. The van der Waals surface area contributed by atoms with Crippen molar-refractivity contribution in [2.45, 2.75) is 6.42 Å². The summed E-state index contributed by atoms with van der Waals surface area (Å²) >= 11 is 0. The van der Waals surface area contributed by atoms with Gasteiger partial charge in [0.25, 0.3) is 5.69 Å². The molecular weight excluding hydrogens is 335 g/mol. The Morgan fingerprint density at radius 2 is 1.62 bits per heavy atom. The molecule has 0 fully saturated rings. The molecule has 0 unspecified atom stereocenters. The van der Waals surface area contributed by atoms with E-state index in [0.29, 0.717) is 0 Å². The van der Waals surface area contributed by atoms with E-state index in [-0.39, 0.29) is 17.8 Å². The van der Waals surface area contributed by atoms with Gasteiger partial charge in [-0.3, -0.25) is 14.9 Å². The van der Waals surface area contributed by atoms with Crippen molar-refractivity contribution >= 4 is 17.3 Å². The molecule has 0 atom stereocenters. The van der Waals surface area contributed by atoms with Crippen molar-refractivity contribution in [3.8, 4) is 11.1 Å². The van der Waals surface area contributed by atoms with Crippen LogP contribution in [0.25, 0.3) is 11.1 Å². The maximum absolute atomic E-state index is 13.7. The smallest absolute Gasteiger partial charge is 0.271 e. The van der Waals surface area contributed by atoms with Gasteiger partial charge < -0.3 is 5.32 Å². The molecule has 5 nitrogen and oxygen atoms in total. The Morgan fingerprint density at radius 1 is 0.962 bits per heavy atom. The molecule has 0 aliphatic carbocycles. The topological polar surface area (TPSA) is 72.2 Å². The van der Waals surface area contributed by atoms with Crippen LogP contribution in [0, 0.1) is 15.9 Å². The molecule has 3 aromatic rings.